The van der Waals surface area contributed by atoms with Gasteiger partial charge in [-0.15, -0.1) is 0 Å². The van der Waals surface area contributed by atoms with Gasteiger partial charge in [0.2, 0.25) is 17.7 Å². The Morgan fingerprint density at radius 1 is 0.538 bits per heavy atom. The molecule has 19 nitrogen and oxygen atoms in total. The van der Waals surface area contributed by atoms with Gasteiger partial charge in [-0.3, -0.25) is 45.0 Å². The smallest absolute Gasteiger partial charge is 0.257 e. The minimum Gasteiger partial charge on any atom is -0.361 e. The second-order valence-corrected chi connectivity index (χ2v) is 17.7. The van der Waals surface area contributed by atoms with Crippen LogP contribution in [0.5, 0.6) is 0 Å². The summed E-state index contributed by atoms with van der Waals surface area (Å²) in [5, 5.41) is 14.9. The number of carbonyl (C=O) groups excluding carboxylic acids is 6. The Labute approximate surface area is 380 Å². The Morgan fingerprint density at radius 3 is 1.40 bits per heavy atom. The maximum absolute atomic E-state index is 14.4. The zero-order chi connectivity index (χ0) is 46.9. The van der Waals surface area contributed by atoms with Gasteiger partial charge in [-0.1, -0.05) is 64.1 Å². The molecule has 1 fully saturated rings. The lowest BCUT2D eigenvalue weighted by Gasteiger charge is -2.29. The van der Waals surface area contributed by atoms with Crippen molar-refractivity contribution in [3.63, 3.8) is 0 Å². The molecule has 65 heavy (non-hydrogen) atoms. The first-order chi connectivity index (χ1) is 31.2. The molecule has 0 aliphatic carbocycles. The zero-order valence-corrected chi connectivity index (χ0v) is 38.2. The number of nitrogens with zero attached hydrogens (tertiary/aromatic N) is 3. The van der Waals surface area contributed by atoms with E-state index in [-0.39, 0.29) is 70.4 Å². The summed E-state index contributed by atoms with van der Waals surface area (Å²) in [4.78, 5) is 91.3. The van der Waals surface area contributed by atoms with E-state index in [0.717, 1.165) is 32.9 Å². The fourth-order valence-corrected chi connectivity index (χ4v) is 7.96. The zero-order valence-electron chi connectivity index (χ0n) is 38.2. The molecule has 3 atom stereocenters. The third-order valence-electron chi connectivity index (χ3n) is 11.0. The Balaban J connectivity index is 1.52. The molecular formula is C46H69N13O6. The van der Waals surface area contributed by atoms with Gasteiger partial charge < -0.3 is 37.4 Å². The Kier molecular flexibility index (Phi) is 19.3. The minimum atomic E-state index is -1.12. The number of unbranched alkanes of at least 4 members (excludes halogenated alkanes) is 2. The topological polar surface area (TPSA) is 268 Å². The van der Waals surface area contributed by atoms with Crippen molar-refractivity contribution < 1.29 is 28.8 Å². The van der Waals surface area contributed by atoms with Crippen LogP contribution in [-0.2, 0) is 41.6 Å². The van der Waals surface area contributed by atoms with Crippen LogP contribution in [0.2, 0.25) is 0 Å². The third-order valence-corrected chi connectivity index (χ3v) is 11.0. The van der Waals surface area contributed by atoms with Crippen molar-refractivity contribution in [1.82, 2.24) is 57.2 Å². The molecule has 6 amide bonds. The predicted molar refractivity (Wildman–Crippen MR) is 250 cm³/mol. The van der Waals surface area contributed by atoms with Gasteiger partial charge >= 0.3 is 0 Å². The van der Waals surface area contributed by atoms with E-state index in [2.05, 4.69) is 42.2 Å². The number of H-pyrrole nitrogens is 2. The summed E-state index contributed by atoms with van der Waals surface area (Å²) in [6, 6.07) is 12.0. The summed E-state index contributed by atoms with van der Waals surface area (Å²) in [5.41, 5.74) is 23.5. The van der Waals surface area contributed by atoms with Crippen molar-refractivity contribution >= 4 is 57.2 Å². The Bertz CT molecular complexity index is 2210. The number of amides is 6. The van der Waals surface area contributed by atoms with Crippen LogP contribution in [0.4, 0.5) is 0 Å². The lowest BCUT2D eigenvalue weighted by Crippen LogP contribution is -2.59. The molecule has 0 unspecified atom stereocenters. The van der Waals surface area contributed by atoms with E-state index < -0.39 is 53.6 Å². The summed E-state index contributed by atoms with van der Waals surface area (Å²) < 4.78 is 0. The second kappa shape index (κ2) is 25.0. The number of carbonyl (C=O) groups is 6. The summed E-state index contributed by atoms with van der Waals surface area (Å²) in [6.07, 6.45) is 6.35. The normalized spacial score (nSPS) is 20.0. The number of nitrogens with two attached hydrogens (primary N) is 2. The van der Waals surface area contributed by atoms with Gasteiger partial charge in [-0.2, -0.15) is 0 Å². The molecule has 1 aliphatic heterocycles. The molecule has 0 bridgehead atoms. The first kappa shape index (κ1) is 50.1. The first-order valence-corrected chi connectivity index (χ1v) is 22.8. The van der Waals surface area contributed by atoms with Crippen molar-refractivity contribution in [2.45, 2.75) is 90.8 Å². The van der Waals surface area contributed by atoms with E-state index in [4.69, 9.17) is 11.5 Å². The summed E-state index contributed by atoms with van der Waals surface area (Å²) in [5.74, 6) is -3.29. The highest BCUT2D eigenvalue weighted by atomic mass is 16.2. The molecule has 2 aromatic carbocycles. The van der Waals surface area contributed by atoms with Crippen molar-refractivity contribution in [3.05, 3.63) is 72.1 Å². The van der Waals surface area contributed by atoms with Crippen molar-refractivity contribution in [3.8, 4) is 0 Å². The SMILES string of the molecule is CC(C)CN1CC(=O)N[C@@H](Cc2c[nH]c3ccccc23)C(=O)NN(CC(C)C)CC(=O)N[C@@H](CCCCN)C(=O)NN(CCCCN)CC(=O)N[C@@H](Cc2c[nH]c3ccccc23)C(=O)N1. The van der Waals surface area contributed by atoms with E-state index in [1.807, 2.05) is 76.2 Å². The van der Waals surface area contributed by atoms with Crippen LogP contribution < -0.4 is 43.7 Å². The van der Waals surface area contributed by atoms with Gasteiger partial charge in [0.1, 0.15) is 18.1 Å². The highest BCUT2D eigenvalue weighted by Crippen LogP contribution is 2.21. The number of fused-ring (bicyclic) bond motifs is 2. The summed E-state index contributed by atoms with van der Waals surface area (Å²) >= 11 is 0. The number of nitrogens with one attached hydrogen (secondary N) is 8. The largest absolute Gasteiger partial charge is 0.361 e. The molecule has 12 N–H and O–H groups in total. The molecule has 354 valence electrons. The standard InChI is InChI=1S/C46H69N13O6/c1-30(2)25-58-28-42(61)51-38(17-9-10-18-47)44(63)54-57(20-12-11-19-48)27-41(60)52-39(21-32-23-49-36-15-7-5-13-34(32)36)45(64)56-59(26-31(3)4)29-43(62)53-40(46(65)55-58)22-33-24-50-37-16-8-6-14-35(33)37/h5-8,13-16,23-24,30-31,38-40,49-50H,9-12,17-22,25-29,47-48H2,1-4H3,(H,51,61)(H,52,60)(H,53,62)(H,54,63)(H,55,65)(H,56,64)/t38-,39-,40-/m0/s1. The van der Waals surface area contributed by atoms with Crippen LogP contribution in [0.1, 0.15) is 70.9 Å². The number of hydrazine groups is 3. The van der Waals surface area contributed by atoms with E-state index in [0.29, 0.717) is 38.8 Å². The maximum Gasteiger partial charge on any atom is 0.257 e. The summed E-state index contributed by atoms with van der Waals surface area (Å²) in [6.45, 7) is 8.41. The highest BCUT2D eigenvalue weighted by molar-refractivity contribution is 5.93. The van der Waals surface area contributed by atoms with Gasteiger partial charge in [-0.25, -0.2) is 15.0 Å². The van der Waals surface area contributed by atoms with Gasteiger partial charge in [0.05, 0.1) is 19.6 Å². The van der Waals surface area contributed by atoms with Crippen LogP contribution in [-0.4, -0.2) is 131 Å². The van der Waals surface area contributed by atoms with E-state index in [1.165, 1.54) is 15.0 Å². The molecule has 1 saturated heterocycles. The monoisotopic (exact) mass is 900 g/mol. The summed E-state index contributed by atoms with van der Waals surface area (Å²) in [7, 11) is 0. The van der Waals surface area contributed by atoms with Crippen LogP contribution in [0, 0.1) is 11.8 Å². The number of benzene rings is 2. The average Bonchev–Trinajstić information content (AvgIpc) is 3.85. The molecular weight excluding hydrogens is 831 g/mol. The molecule has 4 aromatic rings. The van der Waals surface area contributed by atoms with E-state index in [1.54, 1.807) is 12.4 Å². The average molecular weight is 900 g/mol. The van der Waals surface area contributed by atoms with Crippen molar-refractivity contribution in [2.75, 3.05) is 52.4 Å². The Morgan fingerprint density at radius 2 is 0.938 bits per heavy atom. The molecule has 0 radical (unpaired) electrons. The van der Waals surface area contributed by atoms with Crippen molar-refractivity contribution in [1.29, 1.82) is 0 Å². The minimum absolute atomic E-state index is 0.00380. The van der Waals surface area contributed by atoms with Crippen LogP contribution in [0.15, 0.2) is 60.9 Å². The molecule has 1 aliphatic rings. The molecule has 19 heteroatoms. The number of rotatable bonds is 16. The molecule has 5 rings (SSSR count). The van der Waals surface area contributed by atoms with Crippen LogP contribution in [0.25, 0.3) is 21.8 Å². The van der Waals surface area contributed by atoms with Gasteiger partial charge in [-0.05, 0) is 80.3 Å². The molecule has 2 aromatic heterocycles. The fourth-order valence-electron chi connectivity index (χ4n) is 7.96. The lowest BCUT2D eigenvalue weighted by molar-refractivity contribution is -0.137. The number of para-hydroxylation sites is 2. The van der Waals surface area contributed by atoms with E-state index in [9.17, 15) is 28.8 Å². The van der Waals surface area contributed by atoms with Gasteiger partial charge in [0.25, 0.3) is 17.7 Å². The van der Waals surface area contributed by atoms with Crippen LogP contribution in [0.3, 0.4) is 0 Å². The third kappa shape index (κ3) is 15.7. The lowest BCUT2D eigenvalue weighted by atomic mass is 10.0. The number of aromatic nitrogens is 2. The van der Waals surface area contributed by atoms with Crippen molar-refractivity contribution in [2.24, 2.45) is 23.3 Å². The number of aromatic amines is 2. The highest BCUT2D eigenvalue weighted by Gasteiger charge is 2.31. The fraction of sp³-hybridized carbons (Fsp3) is 0.522. The molecule has 0 spiro atoms. The van der Waals surface area contributed by atoms with Gasteiger partial charge in [0.15, 0.2) is 0 Å². The number of hydrogen-bond donors (Lipinski definition) is 10. The molecule has 3 heterocycles. The maximum atomic E-state index is 14.4. The molecule has 0 saturated carbocycles. The van der Waals surface area contributed by atoms with Gasteiger partial charge in [0, 0.05) is 66.7 Å². The predicted octanol–water partition coefficient (Wildman–Crippen LogP) is 1.08. The van der Waals surface area contributed by atoms with Crippen LogP contribution >= 0.6 is 0 Å². The quantitative estimate of drug-likeness (QED) is 0.0712. The first-order valence-electron chi connectivity index (χ1n) is 22.8. The Hall–Kier alpha value is -5.86. The number of hydrogen-bond acceptors (Lipinski definition) is 11. The van der Waals surface area contributed by atoms with E-state index >= 15 is 0 Å². The second-order valence-electron chi connectivity index (χ2n) is 17.7.